The van der Waals surface area contributed by atoms with E-state index in [1.165, 1.54) is 0 Å². The molecular formula is C23H32F3N5O2. The molecule has 0 unspecified atom stereocenters. The Kier molecular flexibility index (Phi) is 8.51. The molecule has 0 atom stereocenters. The summed E-state index contributed by atoms with van der Waals surface area (Å²) in [6, 6.07) is 1.84. The number of rotatable bonds is 7. The number of fused-ring (bicyclic) bond motifs is 1. The Labute approximate surface area is 193 Å². The summed E-state index contributed by atoms with van der Waals surface area (Å²) >= 11 is 0. The fraction of sp³-hybridized carbons (Fsp3) is 0.522. The van der Waals surface area contributed by atoms with Gasteiger partial charge in [-0.2, -0.15) is 4.98 Å². The van der Waals surface area contributed by atoms with E-state index in [0.717, 1.165) is 30.8 Å². The molecule has 10 heteroatoms. The SMILES string of the molecule is C.C.CCN1CC(=O)N(CC)c2cnc(NC3CC(COc4cc(F)c(F)c(F)c4)C3)nc21. The van der Waals surface area contributed by atoms with Gasteiger partial charge in [0.05, 0.1) is 19.3 Å². The van der Waals surface area contributed by atoms with E-state index in [0.29, 0.717) is 31.3 Å². The number of nitrogens with one attached hydrogen (secondary N) is 1. The van der Waals surface area contributed by atoms with E-state index in [1.54, 1.807) is 11.1 Å². The lowest BCUT2D eigenvalue weighted by atomic mass is 9.81. The van der Waals surface area contributed by atoms with Crippen LogP contribution < -0.4 is 19.9 Å². The predicted octanol–water partition coefficient (Wildman–Crippen LogP) is 4.63. The first-order valence-corrected chi connectivity index (χ1v) is 10.4. The zero-order chi connectivity index (χ0) is 22.1. The van der Waals surface area contributed by atoms with Crippen molar-refractivity contribution in [1.82, 2.24) is 9.97 Å². The van der Waals surface area contributed by atoms with Crippen LogP contribution in [0.4, 0.5) is 30.6 Å². The standard InChI is InChI=1S/C21H24F3N5O2.2CH4/c1-3-28-10-18(30)29(4-2)17-9-25-21(27-20(17)28)26-13-5-12(6-13)11-31-14-7-15(22)19(24)16(23)8-14;;/h7-9,12-13H,3-6,10-11H2,1-2H3,(H,25,26,27);2*1H4. The van der Waals surface area contributed by atoms with Crippen molar-refractivity contribution >= 4 is 23.4 Å². The summed E-state index contributed by atoms with van der Waals surface area (Å²) < 4.78 is 44.9. The van der Waals surface area contributed by atoms with Crippen molar-refractivity contribution in [2.24, 2.45) is 5.92 Å². The molecule has 33 heavy (non-hydrogen) atoms. The number of hydrogen-bond acceptors (Lipinski definition) is 6. The summed E-state index contributed by atoms with van der Waals surface area (Å²) in [4.78, 5) is 24.9. The molecule has 1 aromatic heterocycles. The molecule has 1 saturated carbocycles. The molecule has 2 aliphatic rings. The minimum atomic E-state index is -1.50. The maximum atomic E-state index is 13.3. The van der Waals surface area contributed by atoms with Crippen molar-refractivity contribution in [1.29, 1.82) is 0 Å². The Morgan fingerprint density at radius 3 is 2.39 bits per heavy atom. The van der Waals surface area contributed by atoms with Gasteiger partial charge in [0.1, 0.15) is 11.4 Å². The first-order chi connectivity index (χ1) is 14.9. The second-order valence-corrected chi connectivity index (χ2v) is 7.75. The van der Waals surface area contributed by atoms with Gasteiger partial charge in [-0.15, -0.1) is 0 Å². The summed E-state index contributed by atoms with van der Waals surface area (Å²) in [6.45, 7) is 5.70. The Morgan fingerprint density at radius 1 is 1.12 bits per heavy atom. The molecule has 0 bridgehead atoms. The number of benzene rings is 1. The van der Waals surface area contributed by atoms with Crippen LogP contribution in [0.15, 0.2) is 18.3 Å². The highest BCUT2D eigenvalue weighted by Gasteiger charge is 2.32. The highest BCUT2D eigenvalue weighted by molar-refractivity contribution is 6.02. The van der Waals surface area contributed by atoms with Gasteiger partial charge in [-0.1, -0.05) is 14.9 Å². The third-order valence-corrected chi connectivity index (χ3v) is 5.68. The summed E-state index contributed by atoms with van der Waals surface area (Å²) in [6.07, 6.45) is 3.23. The van der Waals surface area contributed by atoms with Gasteiger partial charge in [0.2, 0.25) is 11.9 Å². The number of ether oxygens (including phenoxy) is 1. The minimum Gasteiger partial charge on any atom is -0.493 e. The number of hydrogen-bond donors (Lipinski definition) is 1. The number of halogens is 3. The van der Waals surface area contributed by atoms with Crippen LogP contribution >= 0.6 is 0 Å². The van der Waals surface area contributed by atoms with Crippen LogP contribution in [0.2, 0.25) is 0 Å². The second-order valence-electron chi connectivity index (χ2n) is 7.75. The van der Waals surface area contributed by atoms with Gasteiger partial charge in [0, 0.05) is 31.3 Å². The lowest BCUT2D eigenvalue weighted by molar-refractivity contribution is -0.117. The zero-order valence-corrected chi connectivity index (χ0v) is 17.4. The van der Waals surface area contributed by atoms with Crippen LogP contribution in [0.1, 0.15) is 41.5 Å². The molecule has 0 spiro atoms. The monoisotopic (exact) mass is 467 g/mol. The van der Waals surface area contributed by atoms with Gasteiger partial charge >= 0.3 is 0 Å². The van der Waals surface area contributed by atoms with Gasteiger partial charge < -0.3 is 19.9 Å². The molecule has 1 amide bonds. The van der Waals surface area contributed by atoms with E-state index < -0.39 is 17.5 Å². The fourth-order valence-electron chi connectivity index (χ4n) is 3.93. The fourth-order valence-corrected chi connectivity index (χ4v) is 3.93. The Balaban J connectivity index is 0.00000193. The van der Waals surface area contributed by atoms with Crippen LogP contribution in [0.25, 0.3) is 0 Å². The number of likely N-dealkylation sites (N-methyl/N-ethyl adjacent to an activating group) is 2. The van der Waals surface area contributed by atoms with Crippen molar-refractivity contribution in [3.8, 4) is 5.75 Å². The van der Waals surface area contributed by atoms with Crippen molar-refractivity contribution in [3.05, 3.63) is 35.8 Å². The van der Waals surface area contributed by atoms with Crippen LogP contribution in [-0.4, -0.2) is 48.2 Å². The number of amides is 1. The molecule has 182 valence electrons. The first-order valence-electron chi connectivity index (χ1n) is 10.4. The van der Waals surface area contributed by atoms with E-state index in [-0.39, 0.29) is 45.1 Å². The van der Waals surface area contributed by atoms with Crippen molar-refractivity contribution < 1.29 is 22.7 Å². The van der Waals surface area contributed by atoms with Crippen molar-refractivity contribution in [2.75, 3.05) is 41.4 Å². The highest BCUT2D eigenvalue weighted by Crippen LogP contribution is 2.34. The second kappa shape index (κ2) is 10.7. The van der Waals surface area contributed by atoms with Gasteiger partial charge in [-0.25, -0.2) is 18.2 Å². The van der Waals surface area contributed by atoms with Crippen LogP contribution in [0.5, 0.6) is 5.75 Å². The van der Waals surface area contributed by atoms with Gasteiger partial charge in [0.25, 0.3) is 0 Å². The van der Waals surface area contributed by atoms with E-state index in [4.69, 9.17) is 4.74 Å². The van der Waals surface area contributed by atoms with E-state index >= 15 is 0 Å². The maximum absolute atomic E-state index is 13.3. The van der Waals surface area contributed by atoms with E-state index in [1.807, 2.05) is 18.7 Å². The minimum absolute atomic E-state index is 0. The lowest BCUT2D eigenvalue weighted by Gasteiger charge is -2.37. The number of aromatic nitrogens is 2. The summed E-state index contributed by atoms with van der Waals surface area (Å²) in [5.74, 6) is -2.60. The van der Waals surface area contributed by atoms with Gasteiger partial charge in [-0.3, -0.25) is 4.79 Å². The molecule has 1 fully saturated rings. The molecule has 0 radical (unpaired) electrons. The molecule has 0 saturated heterocycles. The first kappa shape index (κ1) is 26.2. The molecule has 7 nitrogen and oxygen atoms in total. The molecule has 1 aliphatic heterocycles. The summed E-state index contributed by atoms with van der Waals surface area (Å²) in [5, 5.41) is 3.29. The van der Waals surface area contributed by atoms with Crippen molar-refractivity contribution in [3.63, 3.8) is 0 Å². The Bertz CT molecular complexity index is 962. The van der Waals surface area contributed by atoms with Gasteiger partial charge in [0.15, 0.2) is 23.3 Å². The van der Waals surface area contributed by atoms with Crippen LogP contribution in [0.3, 0.4) is 0 Å². The largest absolute Gasteiger partial charge is 0.493 e. The number of nitrogens with zero attached hydrogens (tertiary/aromatic N) is 4. The molecule has 1 N–H and O–H groups in total. The van der Waals surface area contributed by atoms with Gasteiger partial charge in [-0.05, 0) is 32.6 Å². The summed E-state index contributed by atoms with van der Waals surface area (Å²) in [5.41, 5.74) is 0.713. The number of carbonyl (C=O) groups is 1. The maximum Gasteiger partial charge on any atom is 0.246 e. The Hall–Kier alpha value is -3.04. The predicted molar refractivity (Wildman–Crippen MR) is 123 cm³/mol. The highest BCUT2D eigenvalue weighted by atomic mass is 19.2. The molecule has 2 heterocycles. The number of anilines is 3. The van der Waals surface area contributed by atoms with Crippen molar-refractivity contribution in [2.45, 2.75) is 47.6 Å². The molecule has 4 rings (SSSR count). The summed E-state index contributed by atoms with van der Waals surface area (Å²) in [7, 11) is 0. The molecule has 1 aromatic carbocycles. The van der Waals surface area contributed by atoms with E-state index in [2.05, 4.69) is 15.3 Å². The molecule has 2 aromatic rings. The topological polar surface area (TPSA) is 70.6 Å². The Morgan fingerprint density at radius 2 is 1.79 bits per heavy atom. The van der Waals surface area contributed by atoms with Crippen LogP contribution in [0, 0.1) is 23.4 Å². The smallest absolute Gasteiger partial charge is 0.246 e. The average Bonchev–Trinajstić information content (AvgIpc) is 2.72. The number of carbonyl (C=O) groups excluding carboxylic acids is 1. The quantitative estimate of drug-likeness (QED) is 0.599. The van der Waals surface area contributed by atoms with E-state index in [9.17, 15) is 18.0 Å². The van der Waals surface area contributed by atoms with Crippen LogP contribution in [-0.2, 0) is 4.79 Å². The third kappa shape index (κ3) is 5.31. The average molecular weight is 468 g/mol. The molecular weight excluding hydrogens is 435 g/mol. The third-order valence-electron chi connectivity index (χ3n) is 5.68. The zero-order valence-electron chi connectivity index (χ0n) is 17.4. The molecule has 1 aliphatic carbocycles. The normalized spacial score (nSPS) is 19.1. The lowest BCUT2D eigenvalue weighted by Crippen LogP contribution is -2.46.